The maximum atomic E-state index is 13.1. The van der Waals surface area contributed by atoms with Gasteiger partial charge in [-0.1, -0.05) is 23.7 Å². The predicted octanol–water partition coefficient (Wildman–Crippen LogP) is 4.75. The Morgan fingerprint density at radius 2 is 1.75 bits per heavy atom. The third kappa shape index (κ3) is 4.15. The molecule has 0 bridgehead atoms. The second-order valence-corrected chi connectivity index (χ2v) is 8.91. The number of hydrogen-bond acceptors (Lipinski definition) is 4. The smallest absolute Gasteiger partial charge is 0.283 e. The van der Waals surface area contributed by atoms with Gasteiger partial charge in [0.1, 0.15) is 10.7 Å². The highest BCUT2D eigenvalue weighted by atomic mass is 35.5. The lowest BCUT2D eigenvalue weighted by molar-refractivity contribution is -0.120. The average Bonchev–Trinajstić information content (AvgIpc) is 2.96. The fourth-order valence-corrected chi connectivity index (χ4v) is 4.58. The molecule has 2 heterocycles. The second-order valence-electron chi connectivity index (χ2n) is 8.53. The number of anilines is 2. The zero-order valence-electron chi connectivity index (χ0n) is 18.4. The molecular formula is C25H26ClN3O3. The van der Waals surface area contributed by atoms with E-state index in [0.29, 0.717) is 16.9 Å². The highest BCUT2D eigenvalue weighted by Crippen LogP contribution is 2.31. The van der Waals surface area contributed by atoms with Gasteiger partial charge in [0.15, 0.2) is 0 Å². The molecule has 1 unspecified atom stereocenters. The molecule has 2 aliphatic rings. The lowest BCUT2D eigenvalue weighted by Gasteiger charge is -2.33. The lowest BCUT2D eigenvalue weighted by Crippen LogP contribution is -2.42. The monoisotopic (exact) mass is 451 g/mol. The van der Waals surface area contributed by atoms with E-state index in [1.165, 1.54) is 0 Å². The first-order valence-electron chi connectivity index (χ1n) is 10.8. The Hall–Kier alpha value is -3.12. The van der Waals surface area contributed by atoms with Crippen LogP contribution in [0.2, 0.25) is 0 Å². The minimum absolute atomic E-state index is 0.00626. The molecule has 6 nitrogen and oxygen atoms in total. The number of likely N-dealkylation sites (tertiary alicyclic amines) is 1. The van der Waals surface area contributed by atoms with Gasteiger partial charge in [0.2, 0.25) is 0 Å². The molecule has 0 aromatic heterocycles. The Morgan fingerprint density at radius 3 is 2.44 bits per heavy atom. The first kappa shape index (κ1) is 22.1. The van der Waals surface area contributed by atoms with Crippen molar-refractivity contribution in [1.82, 2.24) is 4.90 Å². The second kappa shape index (κ2) is 8.79. The maximum absolute atomic E-state index is 13.1. The van der Waals surface area contributed by atoms with E-state index in [1.807, 2.05) is 24.8 Å². The van der Waals surface area contributed by atoms with Gasteiger partial charge in [-0.2, -0.15) is 0 Å². The van der Waals surface area contributed by atoms with Crippen molar-refractivity contribution < 1.29 is 14.4 Å². The van der Waals surface area contributed by atoms with Crippen LogP contribution in [0.3, 0.4) is 0 Å². The number of nitrogens with zero attached hydrogens (tertiary/aromatic N) is 2. The van der Waals surface area contributed by atoms with Crippen molar-refractivity contribution in [2.45, 2.75) is 46.1 Å². The Balaban J connectivity index is 1.57. The van der Waals surface area contributed by atoms with E-state index < -0.39 is 11.8 Å². The maximum Gasteiger partial charge on any atom is 0.283 e. The minimum Gasteiger partial charge on any atom is -0.350 e. The molecule has 0 spiro atoms. The molecule has 1 N–H and O–H groups in total. The van der Waals surface area contributed by atoms with Gasteiger partial charge in [0.25, 0.3) is 17.7 Å². The molecule has 2 aromatic carbocycles. The molecule has 1 saturated heterocycles. The normalized spacial score (nSPS) is 19.1. The van der Waals surface area contributed by atoms with Crippen molar-refractivity contribution in [1.29, 1.82) is 0 Å². The summed E-state index contributed by atoms with van der Waals surface area (Å²) in [7, 11) is 0. The van der Waals surface area contributed by atoms with Crippen LogP contribution in [0.5, 0.6) is 0 Å². The Bertz CT molecular complexity index is 1120. The molecule has 7 heteroatoms. The van der Waals surface area contributed by atoms with Gasteiger partial charge in [-0.15, -0.1) is 0 Å². The number of piperidine rings is 1. The number of benzene rings is 2. The zero-order chi connectivity index (χ0) is 23.0. The van der Waals surface area contributed by atoms with Crippen LogP contribution in [0, 0.1) is 13.8 Å². The molecule has 1 fully saturated rings. The van der Waals surface area contributed by atoms with Gasteiger partial charge >= 0.3 is 0 Å². The topological polar surface area (TPSA) is 69.7 Å². The van der Waals surface area contributed by atoms with Crippen molar-refractivity contribution in [3.05, 3.63) is 69.9 Å². The number of halogens is 1. The number of rotatable bonds is 4. The number of hydrogen-bond donors (Lipinski definition) is 1. The summed E-state index contributed by atoms with van der Waals surface area (Å²) >= 11 is 6.27. The van der Waals surface area contributed by atoms with E-state index in [9.17, 15) is 14.4 Å². The van der Waals surface area contributed by atoms with Crippen LogP contribution in [-0.4, -0.2) is 35.2 Å². The molecule has 3 amide bonds. The van der Waals surface area contributed by atoms with E-state index in [4.69, 9.17) is 11.6 Å². The number of imide groups is 1. The van der Waals surface area contributed by atoms with Gasteiger partial charge in [0, 0.05) is 23.8 Å². The summed E-state index contributed by atoms with van der Waals surface area (Å²) in [5, 5.41) is 2.80. The summed E-state index contributed by atoms with van der Waals surface area (Å²) in [6.07, 6.45) is 3.13. The number of carbonyl (C=O) groups excluding carboxylic acids is 3. The van der Waals surface area contributed by atoms with E-state index in [1.54, 1.807) is 36.4 Å². The Kier molecular flexibility index (Phi) is 6.07. The van der Waals surface area contributed by atoms with Gasteiger partial charge in [0.05, 0.1) is 5.69 Å². The van der Waals surface area contributed by atoms with Crippen molar-refractivity contribution >= 4 is 40.7 Å². The molecule has 0 radical (unpaired) electrons. The summed E-state index contributed by atoms with van der Waals surface area (Å²) in [5.41, 5.74) is 3.43. The molecule has 0 saturated carbocycles. The van der Waals surface area contributed by atoms with Crippen molar-refractivity contribution in [3.63, 3.8) is 0 Å². The van der Waals surface area contributed by atoms with Crippen LogP contribution >= 0.6 is 11.6 Å². The van der Waals surface area contributed by atoms with Crippen molar-refractivity contribution in [2.75, 3.05) is 16.8 Å². The van der Waals surface area contributed by atoms with Crippen LogP contribution in [0.15, 0.2) is 53.2 Å². The highest BCUT2D eigenvalue weighted by Gasteiger charge is 2.39. The third-order valence-electron chi connectivity index (χ3n) is 5.93. The van der Waals surface area contributed by atoms with Crippen LogP contribution in [0.25, 0.3) is 0 Å². The number of amides is 3. The minimum atomic E-state index is -0.571. The molecule has 1 atom stereocenters. The van der Waals surface area contributed by atoms with E-state index >= 15 is 0 Å². The molecular weight excluding hydrogens is 426 g/mol. The van der Waals surface area contributed by atoms with Gasteiger partial charge in [-0.3, -0.25) is 14.4 Å². The van der Waals surface area contributed by atoms with Crippen LogP contribution in [0.1, 0.15) is 47.7 Å². The standard InChI is InChI=1S/C25H26ClN3O3/c1-15-11-16(2)13-20(12-15)29-24(31)21(26)22(25(29)32)27-19-9-6-8-18(14-19)23(30)28-10-5-4-7-17(28)3/h6,8-9,11-14,17,27H,4-5,7,10H2,1-3H3. The first-order chi connectivity index (χ1) is 15.3. The average molecular weight is 452 g/mol. The van der Waals surface area contributed by atoms with Gasteiger partial charge in [-0.05, 0) is 81.5 Å². The molecule has 32 heavy (non-hydrogen) atoms. The Labute approximate surface area is 192 Å². The number of aryl methyl sites for hydroxylation is 2. The van der Waals surface area contributed by atoms with Crippen LogP contribution in [-0.2, 0) is 9.59 Å². The molecule has 4 rings (SSSR count). The lowest BCUT2D eigenvalue weighted by atomic mass is 10.0. The van der Waals surface area contributed by atoms with Crippen LogP contribution < -0.4 is 10.2 Å². The summed E-state index contributed by atoms with van der Waals surface area (Å²) in [6.45, 7) is 6.61. The quantitative estimate of drug-likeness (QED) is 0.681. The van der Waals surface area contributed by atoms with Gasteiger partial charge < -0.3 is 10.2 Å². The van der Waals surface area contributed by atoms with Gasteiger partial charge in [-0.25, -0.2) is 4.90 Å². The SMILES string of the molecule is Cc1cc(C)cc(N2C(=O)C(Cl)=C(Nc3cccc(C(=O)N4CCCCC4C)c3)C2=O)c1. The summed E-state index contributed by atoms with van der Waals surface area (Å²) < 4.78 is 0. The zero-order valence-corrected chi connectivity index (χ0v) is 19.2. The van der Waals surface area contributed by atoms with Crippen LogP contribution in [0.4, 0.5) is 11.4 Å². The van der Waals surface area contributed by atoms with E-state index in [2.05, 4.69) is 12.2 Å². The Morgan fingerprint density at radius 1 is 1.03 bits per heavy atom. The third-order valence-corrected chi connectivity index (χ3v) is 6.29. The summed E-state index contributed by atoms with van der Waals surface area (Å²) in [5.74, 6) is -1.13. The molecule has 0 aliphatic carbocycles. The number of carbonyl (C=O) groups is 3. The summed E-state index contributed by atoms with van der Waals surface area (Å²) in [4.78, 5) is 41.8. The van der Waals surface area contributed by atoms with Crippen molar-refractivity contribution in [2.24, 2.45) is 0 Å². The van der Waals surface area contributed by atoms with Crippen molar-refractivity contribution in [3.8, 4) is 0 Å². The predicted molar refractivity (Wildman–Crippen MR) is 126 cm³/mol. The molecule has 166 valence electrons. The van der Waals surface area contributed by atoms with E-state index in [-0.39, 0.29) is 22.7 Å². The highest BCUT2D eigenvalue weighted by molar-refractivity contribution is 6.53. The fourth-order valence-electron chi connectivity index (χ4n) is 4.37. The van der Waals surface area contributed by atoms with E-state index in [0.717, 1.165) is 41.8 Å². The summed E-state index contributed by atoms with van der Waals surface area (Å²) in [6, 6.07) is 12.7. The molecule has 2 aromatic rings. The number of nitrogens with one attached hydrogen (secondary N) is 1. The first-order valence-corrected chi connectivity index (χ1v) is 11.2. The largest absolute Gasteiger partial charge is 0.350 e. The fraction of sp³-hybridized carbons (Fsp3) is 0.320. The molecule has 2 aliphatic heterocycles.